The number of quaternary nitrogens is 2. The summed E-state index contributed by atoms with van der Waals surface area (Å²) >= 11 is 5.97. The summed E-state index contributed by atoms with van der Waals surface area (Å²) in [5.74, 6) is 2.29. The molecular weight excluding hydrogens is 352 g/mol. The van der Waals surface area contributed by atoms with E-state index in [1.165, 1.54) is 37.3 Å². The van der Waals surface area contributed by atoms with E-state index in [1.807, 2.05) is 12.1 Å². The standard InChI is InChI=1S/C20H23ClN2O3/c1-24-18-10-16(11-19-20(18)26-14-25-19)13-23-8-6-22(7-9-23)12-15-2-4-17(21)5-3-15/h2-5,10-11H,6-9,12-14H2,1H3/p+2. The van der Waals surface area contributed by atoms with Crippen molar-refractivity contribution >= 4 is 11.6 Å². The Morgan fingerprint density at radius 3 is 2.23 bits per heavy atom. The number of methoxy groups -OCH3 is 1. The van der Waals surface area contributed by atoms with Gasteiger partial charge in [0.05, 0.1) is 7.11 Å². The van der Waals surface area contributed by atoms with Crippen LogP contribution < -0.4 is 24.0 Å². The number of benzene rings is 2. The molecule has 0 radical (unpaired) electrons. The lowest BCUT2D eigenvalue weighted by atomic mass is 10.1. The Hall–Kier alpha value is -1.95. The van der Waals surface area contributed by atoms with Gasteiger partial charge < -0.3 is 24.0 Å². The van der Waals surface area contributed by atoms with E-state index < -0.39 is 0 Å². The zero-order valence-electron chi connectivity index (χ0n) is 15.0. The van der Waals surface area contributed by atoms with Crippen molar-refractivity contribution in [3.8, 4) is 17.2 Å². The normalized spacial score (nSPS) is 21.6. The summed E-state index contributed by atoms with van der Waals surface area (Å²) in [4.78, 5) is 3.24. The summed E-state index contributed by atoms with van der Waals surface area (Å²) in [7, 11) is 1.67. The fraction of sp³-hybridized carbons (Fsp3) is 0.400. The van der Waals surface area contributed by atoms with E-state index in [2.05, 4.69) is 24.3 Å². The highest BCUT2D eigenvalue weighted by Gasteiger charge is 2.25. The van der Waals surface area contributed by atoms with E-state index in [-0.39, 0.29) is 6.79 Å². The van der Waals surface area contributed by atoms with Crippen molar-refractivity contribution in [1.29, 1.82) is 0 Å². The molecule has 0 aliphatic carbocycles. The first-order chi connectivity index (χ1) is 12.7. The predicted molar refractivity (Wildman–Crippen MR) is 99.4 cm³/mol. The van der Waals surface area contributed by atoms with Crippen molar-refractivity contribution < 1.29 is 24.0 Å². The van der Waals surface area contributed by atoms with Gasteiger partial charge in [0.2, 0.25) is 12.5 Å². The zero-order valence-corrected chi connectivity index (χ0v) is 15.8. The molecule has 138 valence electrons. The Labute approximate surface area is 159 Å². The first-order valence-electron chi connectivity index (χ1n) is 9.09. The Morgan fingerprint density at radius 1 is 0.923 bits per heavy atom. The van der Waals surface area contributed by atoms with E-state index in [9.17, 15) is 0 Å². The van der Waals surface area contributed by atoms with Gasteiger partial charge in [-0.3, -0.25) is 0 Å². The fourth-order valence-electron chi connectivity index (χ4n) is 3.78. The molecule has 0 amide bonds. The van der Waals surface area contributed by atoms with Crippen LogP contribution in [0.1, 0.15) is 11.1 Å². The van der Waals surface area contributed by atoms with Crippen LogP contribution >= 0.6 is 11.6 Å². The lowest BCUT2D eigenvalue weighted by Gasteiger charge is -2.30. The third kappa shape index (κ3) is 3.90. The van der Waals surface area contributed by atoms with Crippen LogP contribution in [0.25, 0.3) is 0 Å². The fourth-order valence-corrected chi connectivity index (χ4v) is 3.90. The first kappa shape index (κ1) is 17.5. The highest BCUT2D eigenvalue weighted by molar-refractivity contribution is 6.30. The van der Waals surface area contributed by atoms with Gasteiger partial charge in [-0.15, -0.1) is 0 Å². The molecule has 0 saturated carbocycles. The van der Waals surface area contributed by atoms with Gasteiger partial charge in [0.15, 0.2) is 11.5 Å². The summed E-state index contributed by atoms with van der Waals surface area (Å²) in [6.07, 6.45) is 0. The monoisotopic (exact) mass is 376 g/mol. The lowest BCUT2D eigenvalue weighted by molar-refractivity contribution is -1.02. The Morgan fingerprint density at radius 2 is 1.58 bits per heavy atom. The summed E-state index contributed by atoms with van der Waals surface area (Å²) in [6.45, 7) is 7.02. The van der Waals surface area contributed by atoms with Crippen LogP contribution in [0.15, 0.2) is 36.4 Å². The highest BCUT2D eigenvalue weighted by atomic mass is 35.5. The van der Waals surface area contributed by atoms with Crippen molar-refractivity contribution in [2.45, 2.75) is 13.1 Å². The smallest absolute Gasteiger partial charge is 0.231 e. The maximum Gasteiger partial charge on any atom is 0.231 e. The van der Waals surface area contributed by atoms with Crippen LogP contribution in [0.4, 0.5) is 0 Å². The van der Waals surface area contributed by atoms with Crippen LogP contribution in [-0.4, -0.2) is 40.1 Å². The number of piperazine rings is 1. The van der Waals surface area contributed by atoms with Gasteiger partial charge in [-0.1, -0.05) is 23.7 Å². The second-order valence-electron chi connectivity index (χ2n) is 7.01. The molecular formula is C20H25ClN2O3+2. The maximum absolute atomic E-state index is 5.97. The Kier molecular flexibility index (Phi) is 5.20. The summed E-state index contributed by atoms with van der Waals surface area (Å²) in [5, 5.41) is 0.803. The predicted octanol–water partition coefficient (Wildman–Crippen LogP) is 0.561. The molecule has 1 fully saturated rings. The number of hydrogen-bond acceptors (Lipinski definition) is 3. The van der Waals surface area contributed by atoms with E-state index in [1.54, 1.807) is 16.9 Å². The number of ether oxygens (including phenoxy) is 3. The Bertz CT molecular complexity index is 758. The molecule has 2 aromatic rings. The van der Waals surface area contributed by atoms with Crippen molar-refractivity contribution in [2.75, 3.05) is 40.1 Å². The molecule has 2 N–H and O–H groups in total. The van der Waals surface area contributed by atoms with Crippen molar-refractivity contribution in [1.82, 2.24) is 0 Å². The number of rotatable bonds is 5. The van der Waals surface area contributed by atoms with Gasteiger partial charge in [0.25, 0.3) is 0 Å². The van der Waals surface area contributed by atoms with Crippen molar-refractivity contribution in [3.63, 3.8) is 0 Å². The van der Waals surface area contributed by atoms with Crippen LogP contribution in [0.3, 0.4) is 0 Å². The van der Waals surface area contributed by atoms with Gasteiger partial charge in [-0.25, -0.2) is 0 Å². The third-order valence-electron chi connectivity index (χ3n) is 5.20. The van der Waals surface area contributed by atoms with Crippen LogP contribution in [0, 0.1) is 0 Å². The van der Waals surface area contributed by atoms with E-state index in [0.29, 0.717) is 0 Å². The van der Waals surface area contributed by atoms with Crippen LogP contribution in [-0.2, 0) is 13.1 Å². The van der Waals surface area contributed by atoms with E-state index >= 15 is 0 Å². The van der Waals surface area contributed by atoms with Gasteiger partial charge in [-0.05, 0) is 24.3 Å². The SMILES string of the molecule is COc1cc(C[NH+]2CC[NH+](Cc3ccc(Cl)cc3)CC2)cc2c1OCO2. The Balaban J connectivity index is 1.33. The molecule has 0 unspecified atom stereocenters. The summed E-state index contributed by atoms with van der Waals surface area (Å²) in [5.41, 5.74) is 2.59. The second-order valence-corrected chi connectivity index (χ2v) is 7.45. The van der Waals surface area contributed by atoms with Crippen molar-refractivity contribution in [3.05, 3.63) is 52.5 Å². The summed E-state index contributed by atoms with van der Waals surface area (Å²) < 4.78 is 16.5. The van der Waals surface area contributed by atoms with Gasteiger partial charge in [0.1, 0.15) is 39.3 Å². The molecule has 26 heavy (non-hydrogen) atoms. The minimum atomic E-state index is 0.273. The van der Waals surface area contributed by atoms with Gasteiger partial charge in [-0.2, -0.15) is 0 Å². The van der Waals surface area contributed by atoms with Crippen molar-refractivity contribution in [2.24, 2.45) is 0 Å². The topological polar surface area (TPSA) is 36.6 Å². The number of nitrogens with one attached hydrogen (secondary N) is 2. The van der Waals surface area contributed by atoms with E-state index in [4.69, 9.17) is 25.8 Å². The molecule has 6 heteroatoms. The minimum Gasteiger partial charge on any atom is -0.493 e. The molecule has 0 spiro atoms. The molecule has 4 rings (SSSR count). The molecule has 1 saturated heterocycles. The number of hydrogen-bond donors (Lipinski definition) is 2. The average Bonchev–Trinajstić information content (AvgIpc) is 3.13. The molecule has 2 aliphatic rings. The zero-order chi connectivity index (χ0) is 17.9. The molecule has 2 aliphatic heterocycles. The molecule has 0 bridgehead atoms. The largest absolute Gasteiger partial charge is 0.493 e. The quantitative estimate of drug-likeness (QED) is 0.800. The van der Waals surface area contributed by atoms with Gasteiger partial charge >= 0.3 is 0 Å². The molecule has 0 aromatic heterocycles. The molecule has 2 aromatic carbocycles. The third-order valence-corrected chi connectivity index (χ3v) is 5.46. The van der Waals surface area contributed by atoms with Crippen LogP contribution in [0.2, 0.25) is 5.02 Å². The van der Waals surface area contributed by atoms with Crippen LogP contribution in [0.5, 0.6) is 17.2 Å². The maximum atomic E-state index is 5.97. The lowest BCUT2D eigenvalue weighted by Crippen LogP contribution is -3.27. The van der Waals surface area contributed by atoms with Gasteiger partial charge in [0, 0.05) is 16.1 Å². The molecule has 2 heterocycles. The first-order valence-corrected chi connectivity index (χ1v) is 9.47. The number of fused-ring (bicyclic) bond motifs is 1. The highest BCUT2D eigenvalue weighted by Crippen LogP contribution is 2.41. The number of halogens is 1. The average molecular weight is 377 g/mol. The molecule has 0 atom stereocenters. The minimum absolute atomic E-state index is 0.273. The molecule has 5 nitrogen and oxygen atoms in total. The summed E-state index contributed by atoms with van der Waals surface area (Å²) in [6, 6.07) is 12.4. The van der Waals surface area contributed by atoms with E-state index in [0.717, 1.165) is 35.4 Å². The second kappa shape index (κ2) is 7.74.